The maximum absolute atomic E-state index is 13.0. The summed E-state index contributed by atoms with van der Waals surface area (Å²) in [6.45, 7) is 4.05. The molecule has 2 heterocycles. The zero-order valence-corrected chi connectivity index (χ0v) is 15.0. The molecule has 0 fully saturated rings. The van der Waals surface area contributed by atoms with Crippen molar-refractivity contribution in [3.05, 3.63) is 89.5 Å². The van der Waals surface area contributed by atoms with E-state index in [0.717, 1.165) is 5.56 Å². The zero-order valence-electron chi connectivity index (χ0n) is 15.0. The number of furan rings is 1. The predicted octanol–water partition coefficient (Wildman–Crippen LogP) is 4.72. The number of amides is 1. The van der Waals surface area contributed by atoms with Crippen LogP contribution >= 0.6 is 0 Å². The van der Waals surface area contributed by atoms with E-state index in [1.54, 1.807) is 24.5 Å². The van der Waals surface area contributed by atoms with Gasteiger partial charge in [-0.1, -0.05) is 24.3 Å². The summed E-state index contributed by atoms with van der Waals surface area (Å²) in [7, 11) is 0. The Bertz CT molecular complexity index is 1030. The van der Waals surface area contributed by atoms with Gasteiger partial charge in [0, 0.05) is 6.08 Å². The molecule has 1 aromatic heterocycles. The van der Waals surface area contributed by atoms with Crippen molar-refractivity contribution < 1.29 is 13.9 Å². The van der Waals surface area contributed by atoms with Gasteiger partial charge in [0.15, 0.2) is 0 Å². The van der Waals surface area contributed by atoms with Gasteiger partial charge in [-0.2, -0.15) is 4.99 Å². The van der Waals surface area contributed by atoms with Crippen LogP contribution in [0.1, 0.15) is 16.9 Å². The first-order chi connectivity index (χ1) is 13.1. The Kier molecular flexibility index (Phi) is 4.34. The van der Waals surface area contributed by atoms with E-state index < -0.39 is 0 Å². The van der Waals surface area contributed by atoms with E-state index in [4.69, 9.17) is 9.15 Å². The summed E-state index contributed by atoms with van der Waals surface area (Å²) >= 11 is 0. The van der Waals surface area contributed by atoms with Gasteiger partial charge in [0.1, 0.15) is 17.2 Å². The van der Waals surface area contributed by atoms with Crippen LogP contribution in [0.4, 0.5) is 5.69 Å². The summed E-state index contributed by atoms with van der Waals surface area (Å²) in [5.74, 6) is 0.920. The SMILES string of the molecule is Cc1ccc(OC2=N/C(=C\c3ccco3)C(=O)N2c2ccccc2)cc1C. The molecule has 0 saturated carbocycles. The second-order valence-electron chi connectivity index (χ2n) is 6.26. The van der Waals surface area contributed by atoms with Crippen molar-refractivity contribution in [2.24, 2.45) is 4.99 Å². The summed E-state index contributed by atoms with van der Waals surface area (Å²) < 4.78 is 11.3. The lowest BCUT2D eigenvalue weighted by molar-refractivity contribution is -0.113. The molecule has 0 saturated heterocycles. The van der Waals surface area contributed by atoms with Gasteiger partial charge in [-0.15, -0.1) is 0 Å². The molecule has 1 aliphatic heterocycles. The lowest BCUT2D eigenvalue weighted by Crippen LogP contribution is -2.35. The molecule has 27 heavy (non-hydrogen) atoms. The van der Waals surface area contributed by atoms with Crippen LogP contribution < -0.4 is 9.64 Å². The molecule has 1 amide bonds. The highest BCUT2D eigenvalue weighted by Crippen LogP contribution is 2.27. The molecule has 0 N–H and O–H groups in total. The number of carbonyl (C=O) groups excluding carboxylic acids is 1. The molecule has 5 nitrogen and oxygen atoms in total. The Morgan fingerprint density at radius 3 is 2.52 bits per heavy atom. The number of benzene rings is 2. The minimum absolute atomic E-state index is 0.215. The smallest absolute Gasteiger partial charge is 0.310 e. The van der Waals surface area contributed by atoms with Crippen molar-refractivity contribution in [1.82, 2.24) is 0 Å². The van der Waals surface area contributed by atoms with E-state index in [2.05, 4.69) is 4.99 Å². The van der Waals surface area contributed by atoms with Crippen LogP contribution in [0.25, 0.3) is 6.08 Å². The number of hydrogen-bond acceptors (Lipinski definition) is 4. The molecule has 5 heteroatoms. The third kappa shape index (κ3) is 3.40. The Morgan fingerprint density at radius 1 is 1.00 bits per heavy atom. The van der Waals surface area contributed by atoms with E-state index in [1.165, 1.54) is 10.5 Å². The summed E-state index contributed by atoms with van der Waals surface area (Å²) in [4.78, 5) is 18.9. The summed E-state index contributed by atoms with van der Waals surface area (Å²) in [6.07, 6.45) is 3.16. The first-order valence-corrected chi connectivity index (χ1v) is 8.60. The second kappa shape index (κ2) is 6.96. The van der Waals surface area contributed by atoms with Crippen molar-refractivity contribution in [2.75, 3.05) is 4.90 Å². The lowest BCUT2D eigenvalue weighted by atomic mass is 10.1. The van der Waals surface area contributed by atoms with Crippen LogP contribution in [0, 0.1) is 13.8 Å². The molecule has 3 aromatic rings. The van der Waals surface area contributed by atoms with Gasteiger partial charge in [-0.3, -0.25) is 4.79 Å². The fraction of sp³-hybridized carbons (Fsp3) is 0.0909. The number of ether oxygens (including phenoxy) is 1. The highest BCUT2D eigenvalue weighted by atomic mass is 16.5. The van der Waals surface area contributed by atoms with Crippen LogP contribution in [0.5, 0.6) is 5.75 Å². The minimum atomic E-state index is -0.267. The first kappa shape index (κ1) is 16.8. The standard InChI is InChI=1S/C22H18N2O3/c1-15-10-11-19(13-16(15)2)27-22-23-20(14-18-9-6-12-26-18)21(25)24(22)17-7-4-3-5-8-17/h3-14H,1-2H3/b20-14-. The lowest BCUT2D eigenvalue weighted by Gasteiger charge is -2.18. The van der Waals surface area contributed by atoms with Gasteiger partial charge in [0.25, 0.3) is 5.91 Å². The molecule has 0 bridgehead atoms. The Morgan fingerprint density at radius 2 is 1.81 bits per heavy atom. The topological polar surface area (TPSA) is 55.0 Å². The number of nitrogens with zero attached hydrogens (tertiary/aromatic N) is 2. The van der Waals surface area contributed by atoms with E-state index in [1.807, 2.05) is 62.4 Å². The maximum Gasteiger partial charge on any atom is 0.310 e. The van der Waals surface area contributed by atoms with Crippen LogP contribution in [0.2, 0.25) is 0 Å². The molecule has 1 aliphatic rings. The summed E-state index contributed by atoms with van der Waals surface area (Å²) in [6, 6.07) is 18.8. The molecule has 0 atom stereocenters. The van der Waals surface area contributed by atoms with Crippen molar-refractivity contribution in [1.29, 1.82) is 0 Å². The summed E-state index contributed by atoms with van der Waals surface area (Å²) in [5.41, 5.74) is 3.22. The highest BCUT2D eigenvalue weighted by Gasteiger charge is 2.33. The molecule has 0 spiro atoms. The Balaban J connectivity index is 1.73. The third-order valence-electron chi connectivity index (χ3n) is 4.35. The zero-order chi connectivity index (χ0) is 18.8. The van der Waals surface area contributed by atoms with Crippen LogP contribution in [0.15, 0.2) is 82.0 Å². The van der Waals surface area contributed by atoms with Gasteiger partial charge in [-0.25, -0.2) is 4.90 Å². The van der Waals surface area contributed by atoms with Gasteiger partial charge in [0.2, 0.25) is 0 Å². The number of aryl methyl sites for hydroxylation is 2. The average Bonchev–Trinajstić information content (AvgIpc) is 3.28. The summed E-state index contributed by atoms with van der Waals surface area (Å²) in [5, 5.41) is 0. The quantitative estimate of drug-likeness (QED) is 0.637. The van der Waals surface area contributed by atoms with Crippen molar-refractivity contribution in [3.8, 4) is 5.75 Å². The molecule has 134 valence electrons. The Hall–Kier alpha value is -3.60. The number of hydrogen-bond donors (Lipinski definition) is 0. The van der Waals surface area contributed by atoms with Crippen LogP contribution in [0.3, 0.4) is 0 Å². The molecule has 0 unspecified atom stereocenters. The third-order valence-corrected chi connectivity index (χ3v) is 4.35. The van der Waals surface area contributed by atoms with Gasteiger partial charge >= 0.3 is 6.02 Å². The molecular formula is C22H18N2O3. The number of amidine groups is 1. The predicted molar refractivity (Wildman–Crippen MR) is 105 cm³/mol. The molecule has 4 rings (SSSR count). The molecule has 0 radical (unpaired) electrons. The van der Waals surface area contributed by atoms with E-state index in [9.17, 15) is 4.79 Å². The van der Waals surface area contributed by atoms with Crippen LogP contribution in [-0.4, -0.2) is 11.9 Å². The normalized spacial score (nSPS) is 15.3. The molecule has 2 aromatic carbocycles. The van der Waals surface area contributed by atoms with Gasteiger partial charge in [-0.05, 0) is 61.4 Å². The fourth-order valence-corrected chi connectivity index (χ4v) is 2.76. The van der Waals surface area contributed by atoms with Gasteiger partial charge in [0.05, 0.1) is 12.0 Å². The monoisotopic (exact) mass is 358 g/mol. The first-order valence-electron chi connectivity index (χ1n) is 8.60. The number of rotatable bonds is 3. The minimum Gasteiger partial charge on any atom is -0.465 e. The second-order valence-corrected chi connectivity index (χ2v) is 6.26. The Labute approximate surface area is 157 Å². The van der Waals surface area contributed by atoms with Crippen molar-refractivity contribution in [3.63, 3.8) is 0 Å². The highest BCUT2D eigenvalue weighted by molar-refractivity contribution is 6.26. The number of anilines is 1. The van der Waals surface area contributed by atoms with Gasteiger partial charge < -0.3 is 9.15 Å². The van der Waals surface area contributed by atoms with E-state index in [0.29, 0.717) is 17.2 Å². The average molecular weight is 358 g/mol. The molecule has 0 aliphatic carbocycles. The number of para-hydroxylation sites is 1. The van der Waals surface area contributed by atoms with E-state index in [-0.39, 0.29) is 17.6 Å². The van der Waals surface area contributed by atoms with Crippen molar-refractivity contribution >= 4 is 23.7 Å². The van der Waals surface area contributed by atoms with Crippen LogP contribution in [-0.2, 0) is 4.79 Å². The largest absolute Gasteiger partial charge is 0.465 e. The molecular weight excluding hydrogens is 340 g/mol. The number of carbonyl (C=O) groups is 1. The van der Waals surface area contributed by atoms with Crippen molar-refractivity contribution in [2.45, 2.75) is 13.8 Å². The number of aliphatic imine (C=N–C) groups is 1. The maximum atomic E-state index is 13.0. The fourth-order valence-electron chi connectivity index (χ4n) is 2.76. The van der Waals surface area contributed by atoms with E-state index >= 15 is 0 Å².